The van der Waals surface area contributed by atoms with Gasteiger partial charge in [-0.05, 0) is 49.9 Å². The van der Waals surface area contributed by atoms with E-state index in [1.165, 1.54) is 12.8 Å². The number of hydrogen-bond donors (Lipinski definition) is 1. The Balaban J connectivity index is 1.55. The van der Waals surface area contributed by atoms with Crippen LogP contribution in [0.25, 0.3) is 0 Å². The molecular formula is C18H26N2O2S. The molecule has 2 fully saturated rings. The van der Waals surface area contributed by atoms with E-state index < -0.39 is 0 Å². The van der Waals surface area contributed by atoms with E-state index in [1.807, 2.05) is 34.9 Å². The first-order chi connectivity index (χ1) is 11.2. The van der Waals surface area contributed by atoms with E-state index in [-0.39, 0.29) is 5.91 Å². The molecule has 1 N–H and O–H groups in total. The Morgan fingerprint density at radius 2 is 2.22 bits per heavy atom. The number of ether oxygens (including phenoxy) is 1. The fourth-order valence-corrected chi connectivity index (χ4v) is 4.09. The fraction of sp³-hybridized carbons (Fsp3) is 0.611. The quantitative estimate of drug-likeness (QED) is 0.898. The van der Waals surface area contributed by atoms with Crippen molar-refractivity contribution in [2.45, 2.75) is 32.3 Å². The van der Waals surface area contributed by atoms with Crippen LogP contribution in [0.3, 0.4) is 0 Å². The summed E-state index contributed by atoms with van der Waals surface area (Å²) >= 11 is 1.92. The minimum atomic E-state index is 0.166. The van der Waals surface area contributed by atoms with Gasteiger partial charge in [0.15, 0.2) is 0 Å². The van der Waals surface area contributed by atoms with Crippen molar-refractivity contribution in [3.63, 3.8) is 0 Å². The summed E-state index contributed by atoms with van der Waals surface area (Å²) in [5.74, 6) is 2.26. The van der Waals surface area contributed by atoms with Crippen molar-refractivity contribution in [2.75, 3.05) is 43.1 Å². The summed E-state index contributed by atoms with van der Waals surface area (Å²) in [6, 6.07) is 6.00. The highest BCUT2D eigenvalue weighted by Crippen LogP contribution is 2.20. The van der Waals surface area contributed by atoms with Crippen LogP contribution in [0.2, 0.25) is 0 Å². The third kappa shape index (κ3) is 4.42. The molecule has 1 atom stereocenters. The van der Waals surface area contributed by atoms with Crippen LogP contribution in [0.4, 0.5) is 5.69 Å². The van der Waals surface area contributed by atoms with E-state index in [0.29, 0.717) is 6.10 Å². The molecule has 1 unspecified atom stereocenters. The maximum atomic E-state index is 12.5. The number of aryl methyl sites for hydroxylation is 1. The van der Waals surface area contributed by atoms with Crippen LogP contribution >= 0.6 is 11.8 Å². The van der Waals surface area contributed by atoms with Crippen LogP contribution in [0.5, 0.6) is 0 Å². The van der Waals surface area contributed by atoms with Crippen molar-refractivity contribution in [1.29, 1.82) is 0 Å². The molecule has 0 radical (unpaired) electrons. The van der Waals surface area contributed by atoms with E-state index in [9.17, 15) is 4.79 Å². The van der Waals surface area contributed by atoms with Gasteiger partial charge < -0.3 is 15.0 Å². The number of amides is 1. The lowest BCUT2D eigenvalue weighted by Crippen LogP contribution is -2.37. The molecule has 1 aromatic rings. The molecule has 3 rings (SSSR count). The van der Waals surface area contributed by atoms with Gasteiger partial charge in [0.1, 0.15) is 0 Å². The molecule has 0 saturated carbocycles. The van der Waals surface area contributed by atoms with Crippen molar-refractivity contribution in [1.82, 2.24) is 4.90 Å². The Hall–Kier alpha value is -1.20. The molecule has 2 aliphatic rings. The molecule has 1 aromatic carbocycles. The normalized spacial score (nSPS) is 21.4. The summed E-state index contributed by atoms with van der Waals surface area (Å²) in [7, 11) is 0. The van der Waals surface area contributed by atoms with E-state index in [1.54, 1.807) is 0 Å². The van der Waals surface area contributed by atoms with Crippen LogP contribution in [-0.4, -0.2) is 54.7 Å². The number of nitrogens with one attached hydrogen (secondary N) is 1. The van der Waals surface area contributed by atoms with Gasteiger partial charge in [0.25, 0.3) is 5.91 Å². The monoisotopic (exact) mass is 334 g/mol. The summed E-state index contributed by atoms with van der Waals surface area (Å²) < 4.78 is 5.65. The van der Waals surface area contributed by atoms with Crippen LogP contribution in [0.1, 0.15) is 35.2 Å². The summed E-state index contributed by atoms with van der Waals surface area (Å²) in [5.41, 5.74) is 3.06. The van der Waals surface area contributed by atoms with Crippen LogP contribution < -0.4 is 5.32 Å². The molecule has 2 heterocycles. The molecule has 0 aromatic heterocycles. The first-order valence-corrected chi connectivity index (χ1v) is 9.72. The maximum absolute atomic E-state index is 12.5. The molecule has 0 aliphatic carbocycles. The molecule has 0 spiro atoms. The predicted octanol–water partition coefficient (Wildman–Crippen LogP) is 3.17. The highest BCUT2D eigenvalue weighted by atomic mass is 32.2. The van der Waals surface area contributed by atoms with Crippen LogP contribution in [0, 0.1) is 6.92 Å². The number of benzene rings is 1. The molecule has 0 bridgehead atoms. The van der Waals surface area contributed by atoms with Crippen molar-refractivity contribution >= 4 is 23.4 Å². The van der Waals surface area contributed by atoms with Crippen LogP contribution in [-0.2, 0) is 4.74 Å². The molecule has 2 aliphatic heterocycles. The summed E-state index contributed by atoms with van der Waals surface area (Å²) in [6.45, 7) is 5.63. The Morgan fingerprint density at radius 1 is 1.39 bits per heavy atom. The second-order valence-corrected chi connectivity index (χ2v) is 7.51. The van der Waals surface area contributed by atoms with Crippen molar-refractivity contribution in [2.24, 2.45) is 0 Å². The Kier molecular flexibility index (Phi) is 5.84. The zero-order chi connectivity index (χ0) is 16.1. The molecule has 23 heavy (non-hydrogen) atoms. The molecular weight excluding hydrogens is 308 g/mol. The second kappa shape index (κ2) is 8.06. The first kappa shape index (κ1) is 16.7. The summed E-state index contributed by atoms with van der Waals surface area (Å²) in [5, 5.41) is 3.48. The van der Waals surface area contributed by atoms with Gasteiger partial charge in [-0.15, -0.1) is 0 Å². The minimum Gasteiger partial charge on any atom is -0.385 e. The predicted molar refractivity (Wildman–Crippen MR) is 96.5 cm³/mol. The standard InChI is InChI=1S/C18H26N2O2S/c1-14-13-15(18(21)20-8-11-23-12-9-20)4-5-17(14)19-7-6-16-3-2-10-22-16/h4-5,13,16,19H,2-3,6-12H2,1H3. The van der Waals surface area contributed by atoms with Crippen molar-refractivity contribution in [3.05, 3.63) is 29.3 Å². The first-order valence-electron chi connectivity index (χ1n) is 8.57. The van der Waals surface area contributed by atoms with Gasteiger partial charge in [0, 0.05) is 49.0 Å². The van der Waals surface area contributed by atoms with Crippen LogP contribution in [0.15, 0.2) is 18.2 Å². The molecule has 126 valence electrons. The number of carbonyl (C=O) groups excluding carboxylic acids is 1. The second-order valence-electron chi connectivity index (χ2n) is 6.28. The van der Waals surface area contributed by atoms with E-state index in [4.69, 9.17) is 4.74 Å². The SMILES string of the molecule is Cc1cc(C(=O)N2CCSCC2)ccc1NCCC1CCCO1. The number of nitrogens with zero attached hydrogens (tertiary/aromatic N) is 1. The summed E-state index contributed by atoms with van der Waals surface area (Å²) in [6.07, 6.45) is 3.84. The molecule has 1 amide bonds. The smallest absolute Gasteiger partial charge is 0.253 e. The number of anilines is 1. The summed E-state index contributed by atoms with van der Waals surface area (Å²) in [4.78, 5) is 14.5. The lowest BCUT2D eigenvalue weighted by Gasteiger charge is -2.26. The topological polar surface area (TPSA) is 41.6 Å². The average molecular weight is 334 g/mol. The molecule has 4 nitrogen and oxygen atoms in total. The fourth-order valence-electron chi connectivity index (χ4n) is 3.18. The van der Waals surface area contributed by atoms with E-state index >= 15 is 0 Å². The highest BCUT2D eigenvalue weighted by Gasteiger charge is 2.19. The third-order valence-corrected chi connectivity index (χ3v) is 5.52. The van der Waals surface area contributed by atoms with Gasteiger partial charge in [0.2, 0.25) is 0 Å². The van der Waals surface area contributed by atoms with Gasteiger partial charge in [0.05, 0.1) is 6.10 Å². The van der Waals surface area contributed by atoms with Gasteiger partial charge >= 0.3 is 0 Å². The zero-order valence-corrected chi connectivity index (χ0v) is 14.7. The number of carbonyl (C=O) groups is 1. The Morgan fingerprint density at radius 3 is 2.91 bits per heavy atom. The van der Waals surface area contributed by atoms with Crippen molar-refractivity contribution < 1.29 is 9.53 Å². The third-order valence-electron chi connectivity index (χ3n) is 4.58. The largest absolute Gasteiger partial charge is 0.385 e. The van der Waals surface area contributed by atoms with E-state index in [2.05, 4.69) is 12.2 Å². The lowest BCUT2D eigenvalue weighted by atomic mass is 10.1. The molecule has 5 heteroatoms. The lowest BCUT2D eigenvalue weighted by molar-refractivity contribution is 0.0772. The number of thioether (sulfide) groups is 1. The number of hydrogen-bond acceptors (Lipinski definition) is 4. The van der Waals surface area contributed by atoms with Crippen molar-refractivity contribution in [3.8, 4) is 0 Å². The van der Waals surface area contributed by atoms with Gasteiger partial charge in [-0.1, -0.05) is 0 Å². The number of rotatable bonds is 5. The van der Waals surface area contributed by atoms with Gasteiger partial charge in [-0.25, -0.2) is 0 Å². The zero-order valence-electron chi connectivity index (χ0n) is 13.8. The maximum Gasteiger partial charge on any atom is 0.253 e. The van der Waals surface area contributed by atoms with Gasteiger partial charge in [-0.3, -0.25) is 4.79 Å². The Bertz CT molecular complexity index is 538. The van der Waals surface area contributed by atoms with Gasteiger partial charge in [-0.2, -0.15) is 11.8 Å². The molecule has 2 saturated heterocycles. The minimum absolute atomic E-state index is 0.166. The highest BCUT2D eigenvalue weighted by molar-refractivity contribution is 7.99. The average Bonchev–Trinajstić information content (AvgIpc) is 3.10. The Labute approximate surface area is 143 Å². The van der Waals surface area contributed by atoms with E-state index in [0.717, 1.165) is 61.0 Å².